The molecule has 1 aliphatic rings. The third kappa shape index (κ3) is 4.55. The first-order chi connectivity index (χ1) is 14.5. The molecule has 5 nitrogen and oxygen atoms in total. The molecule has 0 unspecified atom stereocenters. The van der Waals surface area contributed by atoms with E-state index in [1.165, 1.54) is 29.3 Å². The van der Waals surface area contributed by atoms with Gasteiger partial charge in [0.25, 0.3) is 0 Å². The zero-order valence-electron chi connectivity index (χ0n) is 17.3. The molecular formula is C23H25ClN4OS. The number of likely N-dealkylation sites (tertiary alicyclic amines) is 1. The van der Waals surface area contributed by atoms with Gasteiger partial charge in [-0.1, -0.05) is 29.4 Å². The quantitative estimate of drug-likeness (QED) is 0.504. The van der Waals surface area contributed by atoms with Gasteiger partial charge in [0.05, 0.1) is 11.4 Å². The fourth-order valence-corrected chi connectivity index (χ4v) is 4.59. The van der Waals surface area contributed by atoms with E-state index in [4.69, 9.17) is 11.6 Å². The van der Waals surface area contributed by atoms with Crippen LogP contribution in [0.15, 0.2) is 47.6 Å². The zero-order chi connectivity index (χ0) is 21.1. The first-order valence-corrected chi connectivity index (χ1v) is 11.6. The number of carbonyl (C=O) groups is 1. The van der Waals surface area contributed by atoms with Crippen molar-refractivity contribution in [2.45, 2.75) is 38.3 Å². The van der Waals surface area contributed by atoms with Crippen molar-refractivity contribution in [1.29, 1.82) is 0 Å². The third-order valence-corrected chi connectivity index (χ3v) is 6.68. The van der Waals surface area contributed by atoms with E-state index in [1.807, 2.05) is 33.7 Å². The van der Waals surface area contributed by atoms with Crippen LogP contribution in [0.4, 0.5) is 0 Å². The standard InChI is InChI=1S/C23H25ClN4OS/c1-16-6-11-20(14-17(16)2)28-22(18-7-9-19(24)10-8-18)25-26-23(28)30-15-21(29)27-12-4-3-5-13-27/h6-11,14H,3-5,12-13,15H2,1-2H3. The van der Waals surface area contributed by atoms with Crippen LogP contribution in [-0.4, -0.2) is 44.4 Å². The van der Waals surface area contributed by atoms with E-state index in [-0.39, 0.29) is 5.91 Å². The summed E-state index contributed by atoms with van der Waals surface area (Å²) >= 11 is 7.51. The predicted molar refractivity (Wildman–Crippen MR) is 122 cm³/mol. The minimum atomic E-state index is 0.169. The van der Waals surface area contributed by atoms with Crippen molar-refractivity contribution in [1.82, 2.24) is 19.7 Å². The lowest BCUT2D eigenvalue weighted by Crippen LogP contribution is -2.36. The number of rotatable bonds is 5. The molecule has 0 saturated carbocycles. The second-order valence-corrected chi connectivity index (χ2v) is 9.03. The first-order valence-electron chi connectivity index (χ1n) is 10.2. The van der Waals surface area contributed by atoms with Crippen molar-refractivity contribution < 1.29 is 4.79 Å². The van der Waals surface area contributed by atoms with Crippen LogP contribution in [0.5, 0.6) is 0 Å². The summed E-state index contributed by atoms with van der Waals surface area (Å²) in [7, 11) is 0. The van der Waals surface area contributed by atoms with Gasteiger partial charge in [-0.05, 0) is 80.6 Å². The number of halogens is 1. The van der Waals surface area contributed by atoms with Crippen LogP contribution in [0.3, 0.4) is 0 Å². The number of thioether (sulfide) groups is 1. The Morgan fingerprint density at radius 1 is 1.00 bits per heavy atom. The van der Waals surface area contributed by atoms with Crippen molar-refractivity contribution in [3.05, 3.63) is 58.6 Å². The van der Waals surface area contributed by atoms with Crippen molar-refractivity contribution in [2.24, 2.45) is 0 Å². The summed E-state index contributed by atoms with van der Waals surface area (Å²) in [4.78, 5) is 14.6. The molecule has 3 aromatic rings. The molecule has 30 heavy (non-hydrogen) atoms. The highest BCUT2D eigenvalue weighted by Crippen LogP contribution is 2.30. The van der Waals surface area contributed by atoms with E-state index in [1.54, 1.807) is 0 Å². The molecule has 0 spiro atoms. The highest BCUT2D eigenvalue weighted by Gasteiger charge is 2.21. The van der Waals surface area contributed by atoms with E-state index in [0.717, 1.165) is 43.0 Å². The first kappa shape index (κ1) is 20.9. The van der Waals surface area contributed by atoms with Crippen molar-refractivity contribution in [3.63, 3.8) is 0 Å². The van der Waals surface area contributed by atoms with Gasteiger partial charge < -0.3 is 4.90 Å². The Kier molecular flexibility index (Phi) is 6.44. The zero-order valence-corrected chi connectivity index (χ0v) is 18.8. The molecular weight excluding hydrogens is 416 g/mol. The second kappa shape index (κ2) is 9.23. The van der Waals surface area contributed by atoms with Crippen LogP contribution >= 0.6 is 23.4 Å². The number of nitrogens with zero attached hydrogens (tertiary/aromatic N) is 4. The number of hydrogen-bond donors (Lipinski definition) is 0. The highest BCUT2D eigenvalue weighted by molar-refractivity contribution is 7.99. The molecule has 0 bridgehead atoms. The van der Waals surface area contributed by atoms with Gasteiger partial charge in [0, 0.05) is 23.7 Å². The van der Waals surface area contributed by atoms with Crippen LogP contribution in [0, 0.1) is 13.8 Å². The lowest BCUT2D eigenvalue weighted by atomic mass is 10.1. The molecule has 2 aromatic carbocycles. The van der Waals surface area contributed by atoms with Gasteiger partial charge in [0.2, 0.25) is 5.91 Å². The Morgan fingerprint density at radius 3 is 2.43 bits per heavy atom. The van der Waals surface area contributed by atoms with Gasteiger partial charge in [0.1, 0.15) is 0 Å². The van der Waals surface area contributed by atoms with Crippen molar-refractivity contribution in [3.8, 4) is 17.1 Å². The van der Waals surface area contributed by atoms with Gasteiger partial charge in [-0.2, -0.15) is 0 Å². The number of aromatic nitrogens is 3. The molecule has 1 aromatic heterocycles. The molecule has 1 fully saturated rings. The Labute approximate surface area is 186 Å². The molecule has 2 heterocycles. The number of benzene rings is 2. The Balaban J connectivity index is 1.66. The van der Waals surface area contributed by atoms with Gasteiger partial charge >= 0.3 is 0 Å². The predicted octanol–water partition coefficient (Wildman–Crippen LogP) is 5.31. The largest absolute Gasteiger partial charge is 0.342 e. The monoisotopic (exact) mass is 440 g/mol. The van der Waals surface area contributed by atoms with Gasteiger partial charge in [0.15, 0.2) is 11.0 Å². The van der Waals surface area contributed by atoms with E-state index < -0.39 is 0 Å². The summed E-state index contributed by atoms with van der Waals surface area (Å²) in [5, 5.41) is 10.3. The van der Waals surface area contributed by atoms with Crippen LogP contribution in [0.1, 0.15) is 30.4 Å². The summed E-state index contributed by atoms with van der Waals surface area (Å²) in [5.74, 6) is 1.27. The molecule has 156 valence electrons. The second-order valence-electron chi connectivity index (χ2n) is 7.65. The average molecular weight is 441 g/mol. The Morgan fingerprint density at radius 2 is 1.73 bits per heavy atom. The van der Waals surface area contributed by atoms with Gasteiger partial charge in [-0.15, -0.1) is 10.2 Å². The molecule has 0 radical (unpaired) electrons. The van der Waals surface area contributed by atoms with E-state index >= 15 is 0 Å². The van der Waals surface area contributed by atoms with Crippen molar-refractivity contribution in [2.75, 3.05) is 18.8 Å². The van der Waals surface area contributed by atoms with Crippen LogP contribution in [-0.2, 0) is 4.79 Å². The molecule has 0 N–H and O–H groups in total. The SMILES string of the molecule is Cc1ccc(-n2c(SCC(=O)N3CCCCC3)nnc2-c2ccc(Cl)cc2)cc1C. The fourth-order valence-electron chi connectivity index (χ4n) is 3.61. The molecule has 1 amide bonds. The molecule has 0 aliphatic carbocycles. The molecule has 0 atom stereocenters. The number of hydrogen-bond acceptors (Lipinski definition) is 4. The van der Waals surface area contributed by atoms with Crippen LogP contribution in [0.25, 0.3) is 17.1 Å². The summed E-state index contributed by atoms with van der Waals surface area (Å²) in [6.07, 6.45) is 3.40. The maximum Gasteiger partial charge on any atom is 0.233 e. The van der Waals surface area contributed by atoms with Crippen LogP contribution < -0.4 is 0 Å². The summed E-state index contributed by atoms with van der Waals surface area (Å²) in [6.45, 7) is 5.91. The Bertz CT molecular complexity index is 1040. The maximum absolute atomic E-state index is 12.7. The smallest absolute Gasteiger partial charge is 0.233 e. The topological polar surface area (TPSA) is 51.0 Å². The minimum absolute atomic E-state index is 0.169. The lowest BCUT2D eigenvalue weighted by Gasteiger charge is -2.26. The maximum atomic E-state index is 12.7. The minimum Gasteiger partial charge on any atom is -0.342 e. The molecule has 1 saturated heterocycles. The normalized spacial score (nSPS) is 14.2. The Hall–Kier alpha value is -2.31. The van der Waals surface area contributed by atoms with Gasteiger partial charge in [-0.3, -0.25) is 9.36 Å². The fraction of sp³-hybridized carbons (Fsp3) is 0.348. The summed E-state index contributed by atoms with van der Waals surface area (Å²) < 4.78 is 2.03. The lowest BCUT2D eigenvalue weighted by molar-refractivity contribution is -0.129. The highest BCUT2D eigenvalue weighted by atomic mass is 35.5. The van der Waals surface area contributed by atoms with E-state index in [0.29, 0.717) is 15.9 Å². The summed E-state index contributed by atoms with van der Waals surface area (Å²) in [5.41, 5.74) is 4.35. The number of carbonyl (C=O) groups excluding carboxylic acids is 1. The molecule has 4 rings (SSSR count). The third-order valence-electron chi connectivity index (χ3n) is 5.52. The number of aryl methyl sites for hydroxylation is 2. The van der Waals surface area contributed by atoms with Crippen molar-refractivity contribution >= 4 is 29.3 Å². The van der Waals surface area contributed by atoms with Gasteiger partial charge in [-0.25, -0.2) is 0 Å². The van der Waals surface area contributed by atoms with E-state index in [2.05, 4.69) is 42.2 Å². The number of amides is 1. The van der Waals surface area contributed by atoms with E-state index in [9.17, 15) is 4.79 Å². The average Bonchev–Trinajstić information content (AvgIpc) is 3.19. The molecule has 1 aliphatic heterocycles. The number of piperidine rings is 1. The molecule has 7 heteroatoms. The summed E-state index contributed by atoms with van der Waals surface area (Å²) in [6, 6.07) is 13.9. The van der Waals surface area contributed by atoms with Crippen LogP contribution in [0.2, 0.25) is 5.02 Å².